The SMILES string of the molecule is CCN(CC)CC#CC(O)(C(C)C)C(C)C.Cl. The number of aliphatic hydroxyl groups is 1. The fourth-order valence-electron chi connectivity index (χ4n) is 1.70. The van der Waals surface area contributed by atoms with E-state index < -0.39 is 5.60 Å². The third-order valence-corrected chi connectivity index (χ3v) is 3.25. The van der Waals surface area contributed by atoms with E-state index in [1.54, 1.807) is 0 Å². The molecule has 0 radical (unpaired) electrons. The molecule has 0 saturated carbocycles. The number of hydrogen-bond acceptors (Lipinski definition) is 2. The van der Waals surface area contributed by atoms with E-state index in [0.29, 0.717) is 0 Å². The van der Waals surface area contributed by atoms with E-state index in [4.69, 9.17) is 0 Å². The first-order valence-corrected chi connectivity index (χ1v) is 6.33. The second-order valence-electron chi connectivity index (χ2n) is 4.90. The monoisotopic (exact) mass is 261 g/mol. The maximum atomic E-state index is 10.4. The lowest BCUT2D eigenvalue weighted by Gasteiger charge is -2.30. The predicted octanol–water partition coefficient (Wildman–Crippen LogP) is 2.80. The van der Waals surface area contributed by atoms with Gasteiger partial charge >= 0.3 is 0 Å². The van der Waals surface area contributed by atoms with Crippen molar-refractivity contribution in [3.05, 3.63) is 0 Å². The van der Waals surface area contributed by atoms with Crippen molar-refractivity contribution >= 4 is 12.4 Å². The molecule has 0 rings (SSSR count). The van der Waals surface area contributed by atoms with Gasteiger partial charge in [0.05, 0.1) is 6.54 Å². The summed E-state index contributed by atoms with van der Waals surface area (Å²) in [5.41, 5.74) is -0.854. The van der Waals surface area contributed by atoms with Crippen molar-refractivity contribution in [1.82, 2.24) is 4.90 Å². The predicted molar refractivity (Wildman–Crippen MR) is 77.4 cm³/mol. The molecule has 0 saturated heterocycles. The molecule has 17 heavy (non-hydrogen) atoms. The van der Waals surface area contributed by atoms with Gasteiger partial charge in [-0.3, -0.25) is 4.90 Å². The van der Waals surface area contributed by atoms with Gasteiger partial charge in [-0.1, -0.05) is 53.4 Å². The molecule has 0 aromatic rings. The molecule has 1 N–H and O–H groups in total. The summed E-state index contributed by atoms with van der Waals surface area (Å²) in [6, 6.07) is 0. The summed E-state index contributed by atoms with van der Waals surface area (Å²) in [5.74, 6) is 6.50. The van der Waals surface area contributed by atoms with Crippen LogP contribution in [-0.4, -0.2) is 35.2 Å². The lowest BCUT2D eigenvalue weighted by Crippen LogP contribution is -2.39. The molecule has 0 aliphatic heterocycles. The van der Waals surface area contributed by atoms with Gasteiger partial charge in [0.15, 0.2) is 0 Å². The van der Waals surface area contributed by atoms with Gasteiger partial charge in [-0.05, 0) is 24.9 Å². The van der Waals surface area contributed by atoms with Crippen LogP contribution in [0.3, 0.4) is 0 Å². The van der Waals surface area contributed by atoms with Crippen LogP contribution in [0.2, 0.25) is 0 Å². The van der Waals surface area contributed by atoms with Crippen LogP contribution in [0, 0.1) is 23.7 Å². The van der Waals surface area contributed by atoms with E-state index in [2.05, 4.69) is 30.6 Å². The molecule has 0 aliphatic carbocycles. The molecule has 0 bridgehead atoms. The first kappa shape index (κ1) is 19.1. The molecule has 2 nitrogen and oxygen atoms in total. The number of rotatable bonds is 5. The van der Waals surface area contributed by atoms with E-state index >= 15 is 0 Å². The summed E-state index contributed by atoms with van der Waals surface area (Å²) in [6.45, 7) is 15.1. The van der Waals surface area contributed by atoms with Crippen LogP contribution in [0.4, 0.5) is 0 Å². The van der Waals surface area contributed by atoms with Gasteiger partial charge in [0, 0.05) is 0 Å². The van der Waals surface area contributed by atoms with Crippen molar-refractivity contribution in [3.8, 4) is 11.8 Å². The molecule has 0 aromatic heterocycles. The van der Waals surface area contributed by atoms with Gasteiger partial charge < -0.3 is 5.11 Å². The van der Waals surface area contributed by atoms with E-state index in [1.165, 1.54) is 0 Å². The Morgan fingerprint density at radius 1 is 1.06 bits per heavy atom. The van der Waals surface area contributed by atoms with Crippen molar-refractivity contribution in [1.29, 1.82) is 0 Å². The van der Waals surface area contributed by atoms with Gasteiger partial charge in [-0.2, -0.15) is 0 Å². The molecule has 102 valence electrons. The molecule has 0 heterocycles. The normalized spacial score (nSPS) is 11.4. The van der Waals surface area contributed by atoms with E-state index in [0.717, 1.165) is 19.6 Å². The minimum Gasteiger partial charge on any atom is -0.377 e. The second-order valence-corrected chi connectivity index (χ2v) is 4.90. The average Bonchev–Trinajstić information content (AvgIpc) is 2.23. The lowest BCUT2D eigenvalue weighted by molar-refractivity contribution is 0.00917. The highest BCUT2D eigenvalue weighted by molar-refractivity contribution is 5.85. The highest BCUT2D eigenvalue weighted by Crippen LogP contribution is 2.24. The molecular weight excluding hydrogens is 234 g/mol. The summed E-state index contributed by atoms with van der Waals surface area (Å²) in [4.78, 5) is 2.24. The summed E-state index contributed by atoms with van der Waals surface area (Å²) < 4.78 is 0. The Hall–Kier alpha value is -0.230. The van der Waals surface area contributed by atoms with Crippen molar-refractivity contribution in [2.45, 2.75) is 47.1 Å². The first-order chi connectivity index (χ1) is 7.38. The van der Waals surface area contributed by atoms with Crippen molar-refractivity contribution < 1.29 is 5.11 Å². The van der Waals surface area contributed by atoms with Crippen molar-refractivity contribution in [2.75, 3.05) is 19.6 Å². The fraction of sp³-hybridized carbons (Fsp3) is 0.857. The molecule has 0 aromatic carbocycles. The topological polar surface area (TPSA) is 23.5 Å². The molecule has 0 unspecified atom stereocenters. The van der Waals surface area contributed by atoms with Crippen LogP contribution < -0.4 is 0 Å². The van der Waals surface area contributed by atoms with E-state index in [9.17, 15) is 5.11 Å². The van der Waals surface area contributed by atoms with Crippen LogP contribution >= 0.6 is 12.4 Å². The quantitative estimate of drug-likeness (QED) is 0.770. The zero-order chi connectivity index (χ0) is 12.8. The first-order valence-electron chi connectivity index (χ1n) is 6.33. The Kier molecular flexibility index (Phi) is 9.90. The third-order valence-electron chi connectivity index (χ3n) is 3.25. The minimum absolute atomic E-state index is 0. The van der Waals surface area contributed by atoms with Crippen molar-refractivity contribution in [2.24, 2.45) is 11.8 Å². The number of nitrogens with zero attached hydrogens (tertiary/aromatic N) is 1. The van der Waals surface area contributed by atoms with Gasteiger partial charge in [0.1, 0.15) is 5.60 Å². The number of halogens is 1. The van der Waals surface area contributed by atoms with Crippen LogP contribution in [0.25, 0.3) is 0 Å². The van der Waals surface area contributed by atoms with Crippen molar-refractivity contribution in [3.63, 3.8) is 0 Å². The Bertz CT molecular complexity index is 241. The molecule has 0 fully saturated rings. The minimum atomic E-state index is -0.854. The standard InChI is InChI=1S/C14H27NO.ClH/c1-7-15(8-2)11-9-10-14(16,12(3)4)13(5)6;/h12-13,16H,7-8,11H2,1-6H3;1H. The molecule has 0 aliphatic rings. The Morgan fingerprint density at radius 2 is 1.47 bits per heavy atom. The van der Waals surface area contributed by atoms with Crippen LogP contribution in [0.5, 0.6) is 0 Å². The van der Waals surface area contributed by atoms with Crippen LogP contribution in [-0.2, 0) is 0 Å². The summed E-state index contributed by atoms with van der Waals surface area (Å²) >= 11 is 0. The molecule has 0 atom stereocenters. The Balaban J connectivity index is 0. The molecule has 0 amide bonds. The highest BCUT2D eigenvalue weighted by Gasteiger charge is 2.32. The van der Waals surface area contributed by atoms with E-state index in [1.807, 2.05) is 27.7 Å². The van der Waals surface area contributed by atoms with Gasteiger partial charge in [0.2, 0.25) is 0 Å². The van der Waals surface area contributed by atoms with Crippen LogP contribution in [0.1, 0.15) is 41.5 Å². The summed E-state index contributed by atoms with van der Waals surface area (Å²) in [7, 11) is 0. The number of hydrogen-bond donors (Lipinski definition) is 1. The van der Waals surface area contributed by atoms with E-state index in [-0.39, 0.29) is 24.2 Å². The average molecular weight is 262 g/mol. The lowest BCUT2D eigenvalue weighted by atomic mass is 9.81. The zero-order valence-electron chi connectivity index (χ0n) is 12.1. The Labute approximate surface area is 113 Å². The molecular formula is C14H28ClNO. The second kappa shape index (κ2) is 8.80. The highest BCUT2D eigenvalue weighted by atomic mass is 35.5. The maximum Gasteiger partial charge on any atom is 0.130 e. The van der Waals surface area contributed by atoms with Gasteiger partial charge in [-0.15, -0.1) is 12.4 Å². The van der Waals surface area contributed by atoms with Crippen LogP contribution in [0.15, 0.2) is 0 Å². The Morgan fingerprint density at radius 3 is 1.76 bits per heavy atom. The summed E-state index contributed by atoms with van der Waals surface area (Å²) in [5, 5.41) is 10.4. The largest absolute Gasteiger partial charge is 0.377 e. The molecule has 3 heteroatoms. The molecule has 0 spiro atoms. The zero-order valence-corrected chi connectivity index (χ0v) is 12.9. The summed E-state index contributed by atoms with van der Waals surface area (Å²) in [6.07, 6.45) is 0. The maximum absolute atomic E-state index is 10.4. The smallest absolute Gasteiger partial charge is 0.130 e. The van der Waals surface area contributed by atoms with Gasteiger partial charge in [-0.25, -0.2) is 0 Å². The van der Waals surface area contributed by atoms with Gasteiger partial charge in [0.25, 0.3) is 0 Å². The fourth-order valence-corrected chi connectivity index (χ4v) is 1.70. The third kappa shape index (κ3) is 5.77.